The van der Waals surface area contributed by atoms with Gasteiger partial charge in [-0.05, 0) is 69.7 Å². The number of aryl methyl sites for hydroxylation is 1. The number of hydrogen-bond acceptors (Lipinski definition) is 8. The number of carbonyl (C=O) groups excluding carboxylic acids is 2. The van der Waals surface area contributed by atoms with Crippen molar-refractivity contribution < 1.29 is 23.8 Å². The van der Waals surface area contributed by atoms with Gasteiger partial charge in [-0.2, -0.15) is 4.68 Å². The summed E-state index contributed by atoms with van der Waals surface area (Å²) in [6, 6.07) is 9.30. The third kappa shape index (κ3) is 7.45. The van der Waals surface area contributed by atoms with Gasteiger partial charge in [0, 0.05) is 37.5 Å². The molecule has 11 nitrogen and oxygen atoms in total. The van der Waals surface area contributed by atoms with Crippen LogP contribution < -0.4 is 5.76 Å². The molecule has 4 rings (SSSR count). The molecule has 2 aromatic heterocycles. The lowest BCUT2D eigenvalue weighted by Gasteiger charge is -2.34. The molecule has 1 aliphatic heterocycles. The zero-order valence-electron chi connectivity index (χ0n) is 25.7. The summed E-state index contributed by atoms with van der Waals surface area (Å²) in [6.45, 7) is 9.28. The summed E-state index contributed by atoms with van der Waals surface area (Å²) in [5.41, 5.74) is 1.26. The zero-order valence-corrected chi connectivity index (χ0v) is 26.4. The van der Waals surface area contributed by atoms with E-state index in [9.17, 15) is 19.5 Å². The predicted molar refractivity (Wildman–Crippen MR) is 161 cm³/mol. The molecule has 4 atom stereocenters. The predicted octanol–water partition coefficient (Wildman–Crippen LogP) is 4.94. The number of hydrogen-bond donors (Lipinski definition) is 1. The molecule has 0 aliphatic carbocycles. The maximum Gasteiger partial charge on any atom is 0.436 e. The molecule has 2 amide bonds. The zero-order chi connectivity index (χ0) is 31.6. The molecule has 43 heavy (non-hydrogen) atoms. The topological polar surface area (TPSA) is 131 Å². The van der Waals surface area contributed by atoms with Crippen LogP contribution in [0.5, 0.6) is 0 Å². The number of aliphatic hydroxyl groups excluding tert-OH is 1. The summed E-state index contributed by atoms with van der Waals surface area (Å²) in [6.07, 6.45) is 1.82. The van der Waals surface area contributed by atoms with Crippen molar-refractivity contribution in [2.24, 2.45) is 13.0 Å². The van der Waals surface area contributed by atoms with Gasteiger partial charge in [-0.3, -0.25) is 9.69 Å². The fraction of sp³-hybridized carbons (Fsp3) is 0.516. The number of aliphatic hydroxyl groups is 1. The van der Waals surface area contributed by atoms with Crippen LogP contribution in [0, 0.1) is 5.92 Å². The molecule has 1 N–H and O–H groups in total. The molecule has 0 bridgehead atoms. The van der Waals surface area contributed by atoms with Gasteiger partial charge in [0.05, 0.1) is 6.04 Å². The van der Waals surface area contributed by atoms with Gasteiger partial charge in [-0.15, -0.1) is 5.10 Å². The van der Waals surface area contributed by atoms with Crippen LogP contribution in [0.1, 0.15) is 87.0 Å². The fourth-order valence-electron chi connectivity index (χ4n) is 5.57. The first-order chi connectivity index (χ1) is 20.2. The van der Waals surface area contributed by atoms with Crippen molar-refractivity contribution in [1.29, 1.82) is 0 Å². The van der Waals surface area contributed by atoms with E-state index in [0.29, 0.717) is 35.5 Å². The van der Waals surface area contributed by atoms with Gasteiger partial charge in [-0.1, -0.05) is 43.6 Å². The standard InChI is InChI=1S/C31H40ClN5O6/c1-18(2)25(27-34-36(7)29(40)42-27)35(6)28(39)20-10-8-19(9-11-20)16-22-13-14-23(37(22)30(41)43-31(3,4)5)26(38)21-12-15-24(32)33-17-21/h8-12,15,17-18,22-23,25-26,38H,13-14,16H2,1-7H3/t22?,23-,25?,26-/m1/s1. The largest absolute Gasteiger partial charge is 0.444 e. The normalized spacial score (nSPS) is 18.5. The lowest BCUT2D eigenvalue weighted by molar-refractivity contribution is -0.00459. The third-order valence-electron chi connectivity index (χ3n) is 7.61. The molecule has 3 aromatic rings. The van der Waals surface area contributed by atoms with Crippen molar-refractivity contribution in [3.05, 3.63) is 80.9 Å². The molecule has 1 saturated heterocycles. The minimum Gasteiger partial charge on any atom is -0.444 e. The Hall–Kier alpha value is -3.70. The molecular formula is C31H40ClN5O6. The van der Waals surface area contributed by atoms with Crippen LogP contribution in [0.2, 0.25) is 5.15 Å². The second kappa shape index (κ2) is 12.9. The van der Waals surface area contributed by atoms with Gasteiger partial charge in [-0.25, -0.2) is 14.6 Å². The van der Waals surface area contributed by atoms with Crippen molar-refractivity contribution in [2.45, 2.75) is 83.7 Å². The minimum absolute atomic E-state index is 0.0561. The number of nitrogens with zero attached hydrogens (tertiary/aromatic N) is 5. The highest BCUT2D eigenvalue weighted by atomic mass is 35.5. The Morgan fingerprint density at radius 3 is 2.37 bits per heavy atom. The van der Waals surface area contributed by atoms with Gasteiger partial charge in [0.1, 0.15) is 22.9 Å². The monoisotopic (exact) mass is 613 g/mol. The average molecular weight is 614 g/mol. The maximum atomic E-state index is 13.4. The molecule has 0 spiro atoms. The molecule has 0 saturated carbocycles. The lowest BCUT2D eigenvalue weighted by atomic mass is 10.00. The molecule has 3 heterocycles. The summed E-state index contributed by atoms with van der Waals surface area (Å²) < 4.78 is 12.1. The van der Waals surface area contributed by atoms with Crippen LogP contribution in [0.25, 0.3) is 0 Å². The van der Waals surface area contributed by atoms with Crippen LogP contribution in [-0.4, -0.2) is 66.4 Å². The quantitative estimate of drug-likeness (QED) is 0.354. The number of likely N-dealkylation sites (tertiary alicyclic amines) is 1. The van der Waals surface area contributed by atoms with E-state index in [4.69, 9.17) is 20.8 Å². The average Bonchev–Trinajstić information content (AvgIpc) is 3.49. The van der Waals surface area contributed by atoms with Crippen LogP contribution >= 0.6 is 11.6 Å². The lowest BCUT2D eigenvalue weighted by Crippen LogP contribution is -2.47. The SMILES string of the molecule is CC(C)C(c1nn(C)c(=O)o1)N(C)C(=O)c1ccc(CC2CC[C@H]([C@H](O)c3ccc(Cl)nc3)N2C(=O)OC(C)(C)C)cc1. The first kappa shape index (κ1) is 32.2. The molecule has 1 aliphatic rings. The van der Waals surface area contributed by atoms with Gasteiger partial charge >= 0.3 is 11.8 Å². The Kier molecular flexibility index (Phi) is 9.66. The van der Waals surface area contributed by atoms with Gasteiger partial charge in [0.25, 0.3) is 5.91 Å². The number of benzene rings is 1. The summed E-state index contributed by atoms with van der Waals surface area (Å²) >= 11 is 5.93. The number of rotatable bonds is 8. The van der Waals surface area contributed by atoms with Crippen molar-refractivity contribution >= 4 is 23.6 Å². The van der Waals surface area contributed by atoms with E-state index < -0.39 is 35.6 Å². The minimum atomic E-state index is -0.963. The van der Waals surface area contributed by atoms with E-state index in [-0.39, 0.29) is 23.8 Å². The number of halogens is 1. The first-order valence-corrected chi connectivity index (χ1v) is 14.7. The number of ether oxygens (including phenoxy) is 1. The van der Waals surface area contributed by atoms with Crippen LogP contribution in [0.4, 0.5) is 4.79 Å². The summed E-state index contributed by atoms with van der Waals surface area (Å²) in [7, 11) is 3.16. The van der Waals surface area contributed by atoms with Crippen molar-refractivity contribution in [3.8, 4) is 0 Å². The fourth-order valence-corrected chi connectivity index (χ4v) is 5.69. The van der Waals surface area contributed by atoms with E-state index in [0.717, 1.165) is 10.2 Å². The van der Waals surface area contributed by atoms with E-state index in [1.165, 1.54) is 18.1 Å². The van der Waals surface area contributed by atoms with Crippen LogP contribution in [-0.2, 0) is 18.2 Å². The second-order valence-electron chi connectivity index (χ2n) is 12.4. The Morgan fingerprint density at radius 1 is 1.16 bits per heavy atom. The summed E-state index contributed by atoms with van der Waals surface area (Å²) in [4.78, 5) is 45.9. The van der Waals surface area contributed by atoms with E-state index >= 15 is 0 Å². The van der Waals surface area contributed by atoms with Gasteiger partial charge in [0.2, 0.25) is 5.89 Å². The highest BCUT2D eigenvalue weighted by molar-refractivity contribution is 6.29. The van der Waals surface area contributed by atoms with Crippen molar-refractivity contribution in [1.82, 2.24) is 24.6 Å². The molecule has 1 fully saturated rings. The Bertz CT molecular complexity index is 1480. The smallest absolute Gasteiger partial charge is 0.436 e. The van der Waals surface area contributed by atoms with Crippen LogP contribution in [0.3, 0.4) is 0 Å². The third-order valence-corrected chi connectivity index (χ3v) is 7.83. The maximum absolute atomic E-state index is 13.4. The molecule has 0 radical (unpaired) electrons. The van der Waals surface area contributed by atoms with E-state index in [2.05, 4.69) is 10.1 Å². The van der Waals surface area contributed by atoms with Gasteiger partial charge in [0.15, 0.2) is 0 Å². The highest BCUT2D eigenvalue weighted by Crippen LogP contribution is 2.36. The van der Waals surface area contributed by atoms with E-state index in [1.807, 2.05) is 46.8 Å². The Balaban J connectivity index is 1.52. The molecular weight excluding hydrogens is 574 g/mol. The van der Waals surface area contributed by atoms with Crippen molar-refractivity contribution in [2.75, 3.05) is 7.05 Å². The number of carbonyl (C=O) groups is 2. The number of aromatic nitrogens is 3. The first-order valence-electron chi connectivity index (χ1n) is 14.4. The molecule has 2 unspecified atom stereocenters. The second-order valence-corrected chi connectivity index (χ2v) is 12.8. The van der Waals surface area contributed by atoms with Crippen LogP contribution in [0.15, 0.2) is 51.8 Å². The highest BCUT2D eigenvalue weighted by Gasteiger charge is 2.43. The summed E-state index contributed by atoms with van der Waals surface area (Å²) in [5, 5.41) is 15.7. The Morgan fingerprint density at radius 2 is 1.84 bits per heavy atom. The summed E-state index contributed by atoms with van der Waals surface area (Å²) in [5.74, 6) is -0.698. The molecule has 12 heteroatoms. The molecule has 1 aromatic carbocycles. The molecule has 232 valence electrons. The van der Waals surface area contributed by atoms with Gasteiger partial charge < -0.3 is 19.2 Å². The number of pyridine rings is 1. The van der Waals surface area contributed by atoms with Crippen molar-refractivity contribution in [3.63, 3.8) is 0 Å². The van der Waals surface area contributed by atoms with E-state index in [1.54, 1.807) is 36.2 Å². The Labute approximate surface area is 256 Å². The number of amides is 2.